The second-order valence-corrected chi connectivity index (χ2v) is 7.43. The molecule has 7 nitrogen and oxygen atoms in total. The van der Waals surface area contributed by atoms with E-state index in [-0.39, 0.29) is 12.0 Å². The van der Waals surface area contributed by atoms with Crippen LogP contribution in [0, 0.1) is 0 Å². The highest BCUT2D eigenvalue weighted by atomic mass is 16.6. The summed E-state index contributed by atoms with van der Waals surface area (Å²) >= 11 is 0. The number of carbonyl (C=O) groups is 2. The first-order valence-corrected chi connectivity index (χ1v) is 8.97. The summed E-state index contributed by atoms with van der Waals surface area (Å²) in [6, 6.07) is 7.37. The largest absolute Gasteiger partial charge is 0.444 e. The molecule has 2 aromatic heterocycles. The van der Waals surface area contributed by atoms with Crippen molar-refractivity contribution in [1.82, 2.24) is 19.8 Å². The summed E-state index contributed by atoms with van der Waals surface area (Å²) in [5, 5.41) is 0. The highest BCUT2D eigenvalue weighted by Crippen LogP contribution is 2.17. The first-order valence-electron chi connectivity index (χ1n) is 8.97. The van der Waals surface area contributed by atoms with Crippen LogP contribution in [-0.4, -0.2) is 63.5 Å². The Morgan fingerprint density at radius 1 is 0.963 bits per heavy atom. The topological polar surface area (TPSA) is 75.6 Å². The summed E-state index contributed by atoms with van der Waals surface area (Å²) in [6.45, 7) is 7.40. The number of ether oxygens (including phenoxy) is 1. The predicted octanol–water partition coefficient (Wildman–Crippen LogP) is 2.84. The van der Waals surface area contributed by atoms with Gasteiger partial charge in [0.15, 0.2) is 0 Å². The molecule has 0 aromatic carbocycles. The van der Waals surface area contributed by atoms with Crippen molar-refractivity contribution in [3.63, 3.8) is 0 Å². The Morgan fingerprint density at radius 3 is 2.15 bits per heavy atom. The zero-order chi connectivity index (χ0) is 19.4. The van der Waals surface area contributed by atoms with Crippen LogP contribution in [0.2, 0.25) is 0 Å². The molecule has 0 bridgehead atoms. The van der Waals surface area contributed by atoms with Gasteiger partial charge in [0.1, 0.15) is 5.60 Å². The van der Waals surface area contributed by atoms with Crippen LogP contribution >= 0.6 is 0 Å². The minimum atomic E-state index is -0.522. The molecule has 27 heavy (non-hydrogen) atoms. The van der Waals surface area contributed by atoms with E-state index in [4.69, 9.17) is 4.74 Å². The number of hydrogen-bond donors (Lipinski definition) is 0. The van der Waals surface area contributed by atoms with E-state index in [0.29, 0.717) is 31.7 Å². The molecule has 0 unspecified atom stereocenters. The van der Waals surface area contributed by atoms with E-state index >= 15 is 0 Å². The van der Waals surface area contributed by atoms with Crippen molar-refractivity contribution >= 4 is 12.0 Å². The zero-order valence-electron chi connectivity index (χ0n) is 15.9. The molecule has 0 radical (unpaired) electrons. The van der Waals surface area contributed by atoms with Gasteiger partial charge >= 0.3 is 6.09 Å². The van der Waals surface area contributed by atoms with E-state index in [1.807, 2.05) is 39.0 Å². The Morgan fingerprint density at radius 2 is 1.59 bits per heavy atom. The average molecular weight is 368 g/mol. The SMILES string of the molecule is CC(C)(C)OC(=O)N1CCN(C(=O)c2ccc(-c3ccncc3)nc2)CC1. The normalized spacial score (nSPS) is 14.8. The third-order valence-electron chi connectivity index (χ3n) is 4.21. The highest BCUT2D eigenvalue weighted by Gasteiger charge is 2.28. The molecule has 7 heteroatoms. The molecule has 1 aliphatic heterocycles. The number of carbonyl (C=O) groups excluding carboxylic acids is 2. The monoisotopic (exact) mass is 368 g/mol. The minimum Gasteiger partial charge on any atom is -0.444 e. The van der Waals surface area contributed by atoms with Crippen LogP contribution in [-0.2, 0) is 4.74 Å². The lowest BCUT2D eigenvalue weighted by atomic mass is 10.1. The first kappa shape index (κ1) is 18.8. The number of amides is 2. The van der Waals surface area contributed by atoms with Crippen LogP contribution in [0.4, 0.5) is 4.79 Å². The Kier molecular flexibility index (Phi) is 5.39. The van der Waals surface area contributed by atoms with Crippen molar-refractivity contribution < 1.29 is 14.3 Å². The molecule has 142 valence electrons. The lowest BCUT2D eigenvalue weighted by molar-refractivity contribution is 0.0141. The van der Waals surface area contributed by atoms with E-state index in [0.717, 1.165) is 11.3 Å². The van der Waals surface area contributed by atoms with Gasteiger partial charge in [-0.3, -0.25) is 14.8 Å². The lowest BCUT2D eigenvalue weighted by Gasteiger charge is -2.35. The molecule has 0 aliphatic carbocycles. The number of aromatic nitrogens is 2. The van der Waals surface area contributed by atoms with E-state index in [1.54, 1.807) is 34.5 Å². The number of rotatable bonds is 2. The number of pyridine rings is 2. The van der Waals surface area contributed by atoms with Crippen LogP contribution in [0.25, 0.3) is 11.3 Å². The summed E-state index contributed by atoms with van der Waals surface area (Å²) in [5.41, 5.74) is 1.77. The van der Waals surface area contributed by atoms with Gasteiger partial charge in [-0.15, -0.1) is 0 Å². The zero-order valence-corrected chi connectivity index (χ0v) is 15.9. The van der Waals surface area contributed by atoms with Crippen molar-refractivity contribution in [2.75, 3.05) is 26.2 Å². The first-order chi connectivity index (χ1) is 12.8. The minimum absolute atomic E-state index is 0.0763. The van der Waals surface area contributed by atoms with Gasteiger partial charge in [0.25, 0.3) is 5.91 Å². The van der Waals surface area contributed by atoms with E-state index < -0.39 is 5.60 Å². The molecule has 1 fully saturated rings. The molecule has 0 saturated carbocycles. The Balaban J connectivity index is 1.59. The Bertz CT molecular complexity index is 792. The quantitative estimate of drug-likeness (QED) is 0.815. The van der Waals surface area contributed by atoms with E-state index in [9.17, 15) is 9.59 Å². The fourth-order valence-electron chi connectivity index (χ4n) is 2.81. The molecule has 0 atom stereocenters. The lowest BCUT2D eigenvalue weighted by Crippen LogP contribution is -2.51. The van der Waals surface area contributed by atoms with Crippen molar-refractivity contribution in [3.8, 4) is 11.3 Å². The van der Waals surface area contributed by atoms with Crippen molar-refractivity contribution in [2.24, 2.45) is 0 Å². The van der Waals surface area contributed by atoms with Gasteiger partial charge in [0.2, 0.25) is 0 Å². The summed E-state index contributed by atoms with van der Waals surface area (Å²) in [4.78, 5) is 36.6. The van der Waals surface area contributed by atoms with Crippen LogP contribution < -0.4 is 0 Å². The molecule has 3 heterocycles. The standard InChI is InChI=1S/C20H24N4O3/c1-20(2,3)27-19(26)24-12-10-23(11-13-24)18(25)16-4-5-17(22-14-16)15-6-8-21-9-7-15/h4-9,14H,10-13H2,1-3H3. The second-order valence-electron chi connectivity index (χ2n) is 7.43. The number of hydrogen-bond acceptors (Lipinski definition) is 5. The molecule has 2 aromatic rings. The molecule has 0 N–H and O–H groups in total. The fraction of sp³-hybridized carbons (Fsp3) is 0.400. The summed E-state index contributed by atoms with van der Waals surface area (Å²) in [7, 11) is 0. The van der Waals surface area contributed by atoms with Crippen molar-refractivity contribution in [2.45, 2.75) is 26.4 Å². The van der Waals surface area contributed by atoms with Crippen molar-refractivity contribution in [3.05, 3.63) is 48.4 Å². The summed E-state index contributed by atoms with van der Waals surface area (Å²) in [5.74, 6) is -0.0763. The smallest absolute Gasteiger partial charge is 0.410 e. The van der Waals surface area contributed by atoms with Crippen LogP contribution in [0.3, 0.4) is 0 Å². The van der Waals surface area contributed by atoms with Gasteiger partial charge in [-0.25, -0.2) is 4.79 Å². The molecule has 0 spiro atoms. The average Bonchev–Trinajstić information content (AvgIpc) is 2.67. The summed E-state index contributed by atoms with van der Waals surface area (Å²) in [6.07, 6.45) is 4.68. The molecule has 2 amide bonds. The molecule has 3 rings (SSSR count). The van der Waals surface area contributed by atoms with Gasteiger partial charge in [-0.05, 0) is 45.0 Å². The summed E-state index contributed by atoms with van der Waals surface area (Å²) < 4.78 is 5.38. The van der Waals surface area contributed by atoms with E-state index in [1.165, 1.54) is 0 Å². The fourth-order valence-corrected chi connectivity index (χ4v) is 2.81. The Hall–Kier alpha value is -2.96. The third-order valence-corrected chi connectivity index (χ3v) is 4.21. The van der Waals surface area contributed by atoms with E-state index in [2.05, 4.69) is 9.97 Å². The van der Waals surface area contributed by atoms with Gasteiger partial charge in [0, 0.05) is 50.3 Å². The van der Waals surface area contributed by atoms with Gasteiger partial charge in [-0.1, -0.05) is 0 Å². The van der Waals surface area contributed by atoms with Crippen LogP contribution in [0.5, 0.6) is 0 Å². The second kappa shape index (κ2) is 7.73. The van der Waals surface area contributed by atoms with Gasteiger partial charge in [-0.2, -0.15) is 0 Å². The van der Waals surface area contributed by atoms with Crippen LogP contribution in [0.15, 0.2) is 42.9 Å². The molecular weight excluding hydrogens is 344 g/mol. The maximum Gasteiger partial charge on any atom is 0.410 e. The van der Waals surface area contributed by atoms with Crippen LogP contribution in [0.1, 0.15) is 31.1 Å². The van der Waals surface area contributed by atoms with Gasteiger partial charge in [0.05, 0.1) is 11.3 Å². The highest BCUT2D eigenvalue weighted by molar-refractivity contribution is 5.94. The third kappa shape index (κ3) is 4.81. The number of piperazine rings is 1. The molecule has 1 saturated heterocycles. The number of nitrogens with zero attached hydrogens (tertiary/aromatic N) is 4. The maximum atomic E-state index is 12.7. The van der Waals surface area contributed by atoms with Gasteiger partial charge < -0.3 is 14.5 Å². The Labute approximate surface area is 159 Å². The van der Waals surface area contributed by atoms with Crippen molar-refractivity contribution in [1.29, 1.82) is 0 Å². The maximum absolute atomic E-state index is 12.7. The molecular formula is C20H24N4O3. The molecule has 1 aliphatic rings. The predicted molar refractivity (Wildman–Crippen MR) is 101 cm³/mol.